The molecule has 0 saturated carbocycles. The number of hydrogen-bond acceptors (Lipinski definition) is 4. The summed E-state index contributed by atoms with van der Waals surface area (Å²) in [5, 5.41) is 11.9. The first-order valence-corrected chi connectivity index (χ1v) is 6.66. The third kappa shape index (κ3) is 3.87. The van der Waals surface area contributed by atoms with Crippen LogP contribution in [0, 0.1) is 0 Å². The quantitative estimate of drug-likeness (QED) is 0.804. The minimum Gasteiger partial charge on any atom is -0.497 e. The molecule has 0 aliphatic carbocycles. The molecule has 21 heavy (non-hydrogen) atoms. The van der Waals surface area contributed by atoms with Crippen LogP contribution in [0.2, 0.25) is 0 Å². The zero-order valence-electron chi connectivity index (χ0n) is 12.7. The summed E-state index contributed by atoms with van der Waals surface area (Å²) in [5.41, 5.74) is -1.08. The maximum atomic E-state index is 12.4. The maximum absolute atomic E-state index is 12.4. The van der Waals surface area contributed by atoms with Gasteiger partial charge in [-0.05, 0) is 31.5 Å². The molecule has 1 amide bonds. The maximum Gasteiger partial charge on any atom is 0.329 e. The van der Waals surface area contributed by atoms with Crippen molar-refractivity contribution >= 4 is 11.9 Å². The average molecular weight is 295 g/mol. The molecule has 0 heterocycles. The number of carboxylic acids is 1. The van der Waals surface area contributed by atoms with E-state index in [1.807, 2.05) is 6.92 Å². The normalized spacial score (nSPS) is 13.1. The van der Waals surface area contributed by atoms with Gasteiger partial charge in [0.05, 0.1) is 19.8 Å². The fourth-order valence-electron chi connectivity index (χ4n) is 2.03. The van der Waals surface area contributed by atoms with Crippen LogP contribution in [0.5, 0.6) is 11.5 Å². The molecule has 0 saturated heterocycles. The van der Waals surface area contributed by atoms with Crippen molar-refractivity contribution in [2.24, 2.45) is 0 Å². The molecule has 1 unspecified atom stereocenters. The van der Waals surface area contributed by atoms with E-state index in [0.717, 1.165) is 0 Å². The number of rotatable bonds is 7. The van der Waals surface area contributed by atoms with Gasteiger partial charge in [0, 0.05) is 0 Å². The van der Waals surface area contributed by atoms with Crippen LogP contribution in [0.15, 0.2) is 18.2 Å². The average Bonchev–Trinajstić information content (AvgIpc) is 2.46. The molecule has 6 heteroatoms. The van der Waals surface area contributed by atoms with E-state index in [0.29, 0.717) is 24.3 Å². The number of amides is 1. The standard InChI is InChI=1S/C15H21NO5/c1-5-8-15(2,14(18)19)16-13(17)11-9-10(20-3)6-7-12(11)21-4/h6-7,9H,5,8H2,1-4H3,(H,16,17)(H,18,19). The molecule has 1 rings (SSSR count). The van der Waals surface area contributed by atoms with Crippen molar-refractivity contribution in [1.82, 2.24) is 5.32 Å². The first-order chi connectivity index (χ1) is 9.87. The summed E-state index contributed by atoms with van der Waals surface area (Å²) in [7, 11) is 2.93. The van der Waals surface area contributed by atoms with Crippen LogP contribution in [0.4, 0.5) is 0 Å². The Labute approximate surface area is 124 Å². The number of carbonyl (C=O) groups excluding carboxylic acids is 1. The smallest absolute Gasteiger partial charge is 0.329 e. The topological polar surface area (TPSA) is 84.9 Å². The first-order valence-electron chi connectivity index (χ1n) is 6.66. The van der Waals surface area contributed by atoms with Gasteiger partial charge in [-0.2, -0.15) is 0 Å². The van der Waals surface area contributed by atoms with Crippen LogP contribution >= 0.6 is 0 Å². The molecule has 1 aromatic carbocycles. The molecule has 0 fully saturated rings. The van der Waals surface area contributed by atoms with Gasteiger partial charge in [0.25, 0.3) is 5.91 Å². The molecule has 1 aromatic rings. The van der Waals surface area contributed by atoms with E-state index in [-0.39, 0.29) is 5.56 Å². The molecule has 0 aliphatic heterocycles. The van der Waals surface area contributed by atoms with Gasteiger partial charge in [-0.1, -0.05) is 13.3 Å². The molecule has 0 aromatic heterocycles. The van der Waals surface area contributed by atoms with Gasteiger partial charge in [0.1, 0.15) is 17.0 Å². The van der Waals surface area contributed by atoms with Crippen LogP contribution in [0.3, 0.4) is 0 Å². The Morgan fingerprint density at radius 2 is 1.95 bits per heavy atom. The van der Waals surface area contributed by atoms with Crippen LogP contribution < -0.4 is 14.8 Å². The van der Waals surface area contributed by atoms with Gasteiger partial charge >= 0.3 is 5.97 Å². The molecular weight excluding hydrogens is 274 g/mol. The highest BCUT2D eigenvalue weighted by Gasteiger charge is 2.34. The molecule has 0 aliphatic rings. The van der Waals surface area contributed by atoms with Crippen LogP contribution in [-0.2, 0) is 4.79 Å². The zero-order chi connectivity index (χ0) is 16.0. The second kappa shape index (κ2) is 6.97. The summed E-state index contributed by atoms with van der Waals surface area (Å²) < 4.78 is 10.2. The molecule has 2 N–H and O–H groups in total. The fourth-order valence-corrected chi connectivity index (χ4v) is 2.03. The van der Waals surface area contributed by atoms with Gasteiger partial charge < -0.3 is 19.9 Å². The van der Waals surface area contributed by atoms with Gasteiger partial charge in [-0.3, -0.25) is 4.79 Å². The van der Waals surface area contributed by atoms with E-state index in [1.165, 1.54) is 27.2 Å². The lowest BCUT2D eigenvalue weighted by Gasteiger charge is -2.26. The zero-order valence-corrected chi connectivity index (χ0v) is 12.7. The Morgan fingerprint density at radius 3 is 2.43 bits per heavy atom. The Kier molecular flexibility index (Phi) is 5.58. The number of carboxylic acid groups (broad SMARTS) is 1. The SMILES string of the molecule is CCCC(C)(NC(=O)c1cc(OC)ccc1OC)C(=O)O. The van der Waals surface area contributed by atoms with Crippen molar-refractivity contribution in [2.45, 2.75) is 32.2 Å². The van der Waals surface area contributed by atoms with Gasteiger partial charge in [0.15, 0.2) is 0 Å². The highest BCUT2D eigenvalue weighted by Crippen LogP contribution is 2.25. The second-order valence-corrected chi connectivity index (χ2v) is 4.91. The Hall–Kier alpha value is -2.24. The van der Waals surface area contributed by atoms with Crippen molar-refractivity contribution in [1.29, 1.82) is 0 Å². The molecule has 1 atom stereocenters. The Balaban J connectivity index is 3.10. The number of benzene rings is 1. The summed E-state index contributed by atoms with van der Waals surface area (Å²) in [5.74, 6) is -0.727. The van der Waals surface area contributed by atoms with Crippen molar-refractivity contribution in [3.05, 3.63) is 23.8 Å². The number of methoxy groups -OCH3 is 2. The van der Waals surface area contributed by atoms with Crippen molar-refractivity contribution in [3.8, 4) is 11.5 Å². The van der Waals surface area contributed by atoms with E-state index in [2.05, 4.69) is 5.32 Å². The number of hydrogen-bond donors (Lipinski definition) is 2. The molecule has 116 valence electrons. The third-order valence-electron chi connectivity index (χ3n) is 3.26. The van der Waals surface area contributed by atoms with Crippen molar-refractivity contribution in [3.63, 3.8) is 0 Å². The largest absolute Gasteiger partial charge is 0.497 e. The Morgan fingerprint density at radius 1 is 1.29 bits per heavy atom. The summed E-state index contributed by atoms with van der Waals surface area (Å²) in [6.07, 6.45) is 0.971. The van der Waals surface area contributed by atoms with E-state index in [4.69, 9.17) is 9.47 Å². The lowest BCUT2D eigenvalue weighted by molar-refractivity contribution is -0.144. The van der Waals surface area contributed by atoms with Gasteiger partial charge in [-0.15, -0.1) is 0 Å². The second-order valence-electron chi connectivity index (χ2n) is 4.91. The molecule has 0 bridgehead atoms. The van der Waals surface area contributed by atoms with E-state index in [9.17, 15) is 14.7 Å². The summed E-state index contributed by atoms with van der Waals surface area (Å²) >= 11 is 0. The Bertz CT molecular complexity index is 529. The lowest BCUT2D eigenvalue weighted by Crippen LogP contribution is -2.52. The van der Waals surface area contributed by atoms with Crippen LogP contribution in [-0.4, -0.2) is 36.7 Å². The van der Waals surface area contributed by atoms with Crippen molar-refractivity contribution < 1.29 is 24.2 Å². The number of ether oxygens (including phenoxy) is 2. The highest BCUT2D eigenvalue weighted by atomic mass is 16.5. The predicted octanol–water partition coefficient (Wildman–Crippen LogP) is 2.08. The monoisotopic (exact) mass is 295 g/mol. The molecular formula is C15H21NO5. The molecule has 6 nitrogen and oxygen atoms in total. The number of carbonyl (C=O) groups is 2. The van der Waals surface area contributed by atoms with Crippen LogP contribution in [0.1, 0.15) is 37.0 Å². The minimum atomic E-state index is -1.32. The predicted molar refractivity (Wildman–Crippen MR) is 78.0 cm³/mol. The van der Waals surface area contributed by atoms with Gasteiger partial charge in [-0.25, -0.2) is 4.79 Å². The first kappa shape index (κ1) is 16.8. The summed E-state index contributed by atoms with van der Waals surface area (Å²) in [6.45, 7) is 3.35. The fraction of sp³-hybridized carbons (Fsp3) is 0.467. The number of aliphatic carboxylic acids is 1. The van der Waals surface area contributed by atoms with E-state index in [1.54, 1.807) is 12.1 Å². The van der Waals surface area contributed by atoms with Crippen molar-refractivity contribution in [2.75, 3.05) is 14.2 Å². The highest BCUT2D eigenvalue weighted by molar-refractivity contribution is 6.00. The van der Waals surface area contributed by atoms with E-state index < -0.39 is 17.4 Å². The summed E-state index contributed by atoms with van der Waals surface area (Å²) in [4.78, 5) is 23.8. The summed E-state index contributed by atoms with van der Waals surface area (Å²) in [6, 6.07) is 4.78. The van der Waals surface area contributed by atoms with E-state index >= 15 is 0 Å². The third-order valence-corrected chi connectivity index (χ3v) is 3.26. The van der Waals surface area contributed by atoms with Gasteiger partial charge in [0.2, 0.25) is 0 Å². The number of nitrogens with one attached hydrogen (secondary N) is 1. The van der Waals surface area contributed by atoms with Crippen LogP contribution in [0.25, 0.3) is 0 Å². The molecule has 0 spiro atoms. The molecule has 0 radical (unpaired) electrons. The minimum absolute atomic E-state index is 0.237. The lowest BCUT2D eigenvalue weighted by atomic mass is 9.95.